The average Bonchev–Trinajstić information content (AvgIpc) is 2.88. The van der Waals surface area contributed by atoms with Crippen molar-refractivity contribution < 1.29 is 23.3 Å². The molecule has 1 aromatic carbocycles. The number of aromatic nitrogens is 2. The van der Waals surface area contributed by atoms with E-state index in [1.165, 1.54) is 12.4 Å². The molecule has 3 atom stereocenters. The van der Waals surface area contributed by atoms with Crippen molar-refractivity contribution in [3.63, 3.8) is 0 Å². The van der Waals surface area contributed by atoms with Crippen molar-refractivity contribution in [2.45, 2.75) is 37.5 Å². The molecule has 5 rings (SSSR count). The van der Waals surface area contributed by atoms with E-state index in [2.05, 4.69) is 20.2 Å². The Bertz CT molecular complexity index is 1110. The Labute approximate surface area is 209 Å². The molecular formula is C25H30ClFN4O4. The minimum atomic E-state index is -0.401. The van der Waals surface area contributed by atoms with Crippen molar-refractivity contribution in [1.29, 1.82) is 0 Å². The molecule has 0 radical (unpaired) electrons. The van der Waals surface area contributed by atoms with Gasteiger partial charge in [-0.05, 0) is 25.0 Å². The number of methoxy groups -OCH3 is 1. The Kier molecular flexibility index (Phi) is 7.67. The molecule has 8 nitrogen and oxygen atoms in total. The van der Waals surface area contributed by atoms with Crippen LogP contribution in [-0.4, -0.2) is 79.7 Å². The number of halogens is 2. The van der Waals surface area contributed by atoms with E-state index >= 15 is 0 Å². The van der Waals surface area contributed by atoms with Crippen LogP contribution in [0.1, 0.15) is 19.3 Å². The van der Waals surface area contributed by atoms with Crippen LogP contribution >= 0.6 is 11.6 Å². The van der Waals surface area contributed by atoms with Crippen molar-refractivity contribution in [2.75, 3.05) is 51.9 Å². The van der Waals surface area contributed by atoms with E-state index in [9.17, 15) is 4.39 Å². The molecule has 2 fully saturated rings. The van der Waals surface area contributed by atoms with Gasteiger partial charge in [-0.3, -0.25) is 0 Å². The zero-order valence-electron chi connectivity index (χ0n) is 19.7. The van der Waals surface area contributed by atoms with Crippen molar-refractivity contribution in [2.24, 2.45) is 0 Å². The van der Waals surface area contributed by atoms with Gasteiger partial charge in [0.2, 0.25) is 0 Å². The summed E-state index contributed by atoms with van der Waals surface area (Å²) >= 11 is 6.00. The normalized spacial score (nSPS) is 24.9. The quantitative estimate of drug-likeness (QED) is 0.539. The summed E-state index contributed by atoms with van der Waals surface area (Å²) < 4.78 is 36.9. The highest BCUT2D eigenvalue weighted by atomic mass is 35.5. The van der Waals surface area contributed by atoms with E-state index in [0.29, 0.717) is 43.6 Å². The molecule has 10 heteroatoms. The van der Waals surface area contributed by atoms with Crippen molar-refractivity contribution in [3.8, 4) is 11.5 Å². The predicted molar refractivity (Wildman–Crippen MR) is 132 cm³/mol. The summed E-state index contributed by atoms with van der Waals surface area (Å²) in [5.41, 5.74) is 0.719. The lowest BCUT2D eigenvalue weighted by Crippen LogP contribution is -2.52. The van der Waals surface area contributed by atoms with Gasteiger partial charge in [-0.2, -0.15) is 0 Å². The zero-order valence-corrected chi connectivity index (χ0v) is 20.5. The van der Waals surface area contributed by atoms with Gasteiger partial charge in [0.15, 0.2) is 11.5 Å². The Morgan fingerprint density at radius 1 is 1.20 bits per heavy atom. The number of rotatable bonds is 8. The van der Waals surface area contributed by atoms with Crippen LogP contribution in [0.15, 0.2) is 41.5 Å². The van der Waals surface area contributed by atoms with Crippen LogP contribution in [0.4, 0.5) is 10.2 Å². The molecule has 35 heavy (non-hydrogen) atoms. The monoisotopic (exact) mass is 504 g/mol. The zero-order chi connectivity index (χ0) is 24.2. The third kappa shape index (κ3) is 5.69. The fraction of sp³-hybridized carbons (Fsp3) is 0.520. The summed E-state index contributed by atoms with van der Waals surface area (Å²) in [7, 11) is 1.61. The molecule has 2 aromatic rings. The number of ether oxygens (including phenoxy) is 4. The Hall–Kier alpha value is -2.46. The number of nitrogens with one attached hydrogen (secondary N) is 1. The van der Waals surface area contributed by atoms with Gasteiger partial charge >= 0.3 is 0 Å². The second-order valence-corrected chi connectivity index (χ2v) is 9.38. The second-order valence-electron chi connectivity index (χ2n) is 8.92. The maximum atomic E-state index is 13.6. The van der Waals surface area contributed by atoms with Crippen LogP contribution in [0.25, 0.3) is 10.9 Å². The van der Waals surface area contributed by atoms with E-state index < -0.39 is 5.83 Å². The van der Waals surface area contributed by atoms with E-state index in [0.717, 1.165) is 43.4 Å². The van der Waals surface area contributed by atoms with E-state index in [1.54, 1.807) is 13.2 Å². The first kappa shape index (κ1) is 24.2. The standard InChI is InChI=1S/C25H30ClFN4O4/c1-32-22-13-20-17(25(29-15-28-20)30-16-3-4-19(27)18(26)11-16)12-23(22)33-8-2-6-31-7-5-21-24(14-31)35-10-9-34-21/h3-4,12-13,15-16,21,24H,2,5-11,14H2,1H3,(H,28,29,30). The van der Waals surface area contributed by atoms with Crippen LogP contribution < -0.4 is 14.8 Å². The van der Waals surface area contributed by atoms with E-state index in [-0.39, 0.29) is 23.3 Å². The Balaban J connectivity index is 1.22. The van der Waals surface area contributed by atoms with Crippen molar-refractivity contribution in [3.05, 3.63) is 41.5 Å². The van der Waals surface area contributed by atoms with Gasteiger partial charge < -0.3 is 29.2 Å². The third-order valence-electron chi connectivity index (χ3n) is 6.58. The Morgan fingerprint density at radius 3 is 2.89 bits per heavy atom. The summed E-state index contributed by atoms with van der Waals surface area (Å²) in [6, 6.07) is 3.56. The molecular weight excluding hydrogens is 475 g/mol. The van der Waals surface area contributed by atoms with Gasteiger partial charge in [-0.25, -0.2) is 14.4 Å². The highest BCUT2D eigenvalue weighted by Crippen LogP contribution is 2.35. The average molecular weight is 505 g/mol. The first-order chi connectivity index (χ1) is 17.1. The predicted octanol–water partition coefficient (Wildman–Crippen LogP) is 4.06. The van der Waals surface area contributed by atoms with E-state index in [4.69, 9.17) is 30.5 Å². The number of likely N-dealkylation sites (tertiary alicyclic amines) is 1. The highest BCUT2D eigenvalue weighted by Gasteiger charge is 2.32. The van der Waals surface area contributed by atoms with Crippen molar-refractivity contribution in [1.82, 2.24) is 14.9 Å². The molecule has 2 saturated heterocycles. The number of hydrogen-bond acceptors (Lipinski definition) is 8. The number of hydrogen-bond donors (Lipinski definition) is 1. The SMILES string of the molecule is COc1cc2ncnc(NC3C=CC(F)=C(Cl)C3)c2cc1OCCCN1CCC2OCCOC2C1. The number of fused-ring (bicyclic) bond motifs is 2. The maximum absolute atomic E-state index is 13.6. The minimum Gasteiger partial charge on any atom is -0.493 e. The first-order valence-corrected chi connectivity index (χ1v) is 12.4. The molecule has 3 heterocycles. The maximum Gasteiger partial charge on any atom is 0.162 e. The molecule has 0 spiro atoms. The molecule has 3 aliphatic rings. The van der Waals surface area contributed by atoms with Crippen LogP contribution in [-0.2, 0) is 9.47 Å². The van der Waals surface area contributed by atoms with Crippen LogP contribution in [0, 0.1) is 0 Å². The Morgan fingerprint density at radius 2 is 2.06 bits per heavy atom. The van der Waals surface area contributed by atoms with Gasteiger partial charge in [0.05, 0.1) is 55.7 Å². The lowest BCUT2D eigenvalue weighted by Gasteiger charge is -2.40. The number of anilines is 1. The molecule has 1 aromatic heterocycles. The number of benzene rings is 1. The summed E-state index contributed by atoms with van der Waals surface area (Å²) in [6.45, 7) is 4.76. The van der Waals surface area contributed by atoms with Crippen LogP contribution in [0.3, 0.4) is 0 Å². The van der Waals surface area contributed by atoms with Gasteiger partial charge in [0, 0.05) is 37.5 Å². The molecule has 188 valence electrons. The summed E-state index contributed by atoms with van der Waals surface area (Å²) in [6.07, 6.45) is 7.24. The molecule has 1 aliphatic carbocycles. The van der Waals surface area contributed by atoms with Gasteiger partial charge in [-0.15, -0.1) is 0 Å². The van der Waals surface area contributed by atoms with Crippen LogP contribution in [0.2, 0.25) is 0 Å². The summed E-state index contributed by atoms with van der Waals surface area (Å²) in [5, 5.41) is 4.31. The largest absolute Gasteiger partial charge is 0.493 e. The topological polar surface area (TPSA) is 78.0 Å². The molecule has 0 amide bonds. The van der Waals surface area contributed by atoms with Gasteiger partial charge in [0.25, 0.3) is 0 Å². The first-order valence-electron chi connectivity index (χ1n) is 12.0. The summed E-state index contributed by atoms with van der Waals surface area (Å²) in [4.78, 5) is 11.2. The molecule has 3 unspecified atom stereocenters. The highest BCUT2D eigenvalue weighted by molar-refractivity contribution is 6.30. The molecule has 0 saturated carbocycles. The molecule has 1 N–H and O–H groups in total. The smallest absolute Gasteiger partial charge is 0.162 e. The fourth-order valence-corrected chi connectivity index (χ4v) is 4.99. The fourth-order valence-electron chi connectivity index (χ4n) is 4.76. The number of nitrogens with zero attached hydrogens (tertiary/aromatic N) is 3. The minimum absolute atomic E-state index is 0.172. The van der Waals surface area contributed by atoms with Gasteiger partial charge in [-0.1, -0.05) is 17.7 Å². The number of piperidine rings is 1. The molecule has 2 aliphatic heterocycles. The van der Waals surface area contributed by atoms with Crippen molar-refractivity contribution >= 4 is 28.3 Å². The van der Waals surface area contributed by atoms with E-state index in [1.807, 2.05) is 12.1 Å². The third-order valence-corrected chi connectivity index (χ3v) is 6.92. The molecule has 0 bridgehead atoms. The summed E-state index contributed by atoms with van der Waals surface area (Å²) in [5.74, 6) is 1.47. The van der Waals surface area contributed by atoms with Crippen LogP contribution in [0.5, 0.6) is 11.5 Å². The number of allylic oxidation sites excluding steroid dienone is 2. The second kappa shape index (κ2) is 11.1. The lowest BCUT2D eigenvalue weighted by atomic mass is 10.0. The van der Waals surface area contributed by atoms with Gasteiger partial charge in [0.1, 0.15) is 18.0 Å². The lowest BCUT2D eigenvalue weighted by molar-refractivity contribution is -0.165.